The molecule has 0 saturated carbocycles. The summed E-state index contributed by atoms with van der Waals surface area (Å²) < 4.78 is 17.9. The maximum Gasteiger partial charge on any atom is 0.242 e. The lowest BCUT2D eigenvalue weighted by Crippen LogP contribution is -2.30. The second kappa shape index (κ2) is 13.4. The molecule has 0 atom stereocenters. The van der Waals surface area contributed by atoms with Crippen molar-refractivity contribution in [2.45, 2.75) is 46.2 Å². The first-order chi connectivity index (χ1) is 23.0. The fourth-order valence-corrected chi connectivity index (χ4v) is 7.58. The zero-order valence-corrected chi connectivity index (χ0v) is 33.4. The fourth-order valence-electron chi connectivity index (χ4n) is 4.85. The van der Waals surface area contributed by atoms with Crippen LogP contribution in [0.1, 0.15) is 5.56 Å². The Morgan fingerprint density at radius 2 is 1.16 bits per heavy atom. The smallest absolute Gasteiger partial charge is 0.242 e. The molecule has 3 heterocycles. The lowest BCUT2D eigenvalue weighted by molar-refractivity contribution is 0.545. The van der Waals surface area contributed by atoms with E-state index >= 15 is 0 Å². The lowest BCUT2D eigenvalue weighted by Gasteiger charge is -2.21. The Hall–Kier alpha value is -3.30. The van der Waals surface area contributed by atoms with E-state index in [1.165, 1.54) is 4.80 Å². The molecule has 0 aliphatic heterocycles. The lowest BCUT2D eigenvalue weighted by atomic mass is 10.2. The summed E-state index contributed by atoms with van der Waals surface area (Å²) in [5, 5.41) is 20.3. The minimum atomic E-state index is -1.90. The summed E-state index contributed by atoms with van der Waals surface area (Å²) in [7, 11) is -3.62. The number of fused-ring (bicyclic) bond motifs is 3. The molecular formula is C33H31Cl5N6O3Si2. The van der Waals surface area contributed by atoms with E-state index in [9.17, 15) is 0 Å². The van der Waals surface area contributed by atoms with Crippen molar-refractivity contribution in [1.29, 1.82) is 0 Å². The molecule has 3 aromatic heterocycles. The molecule has 0 radical (unpaired) electrons. The molecule has 0 amide bonds. The summed E-state index contributed by atoms with van der Waals surface area (Å²) in [5.41, 5.74) is 5.58. The maximum atomic E-state index is 6.29. The van der Waals surface area contributed by atoms with E-state index in [0.29, 0.717) is 33.1 Å². The molecule has 0 aliphatic rings. The number of nitrogens with zero attached hydrogens (tertiary/aromatic N) is 6. The SMILES string of the molecule is C[Si](C)(C)Oc1cc2ccoc2cc1-n1nc2c(Cl)c(Cl)c(Cl)c(Cl)c2n1.Cc1ccc(O[Si](C)(C)C)c(-n2nc3ccc(Cl)cc3n2)c1. The van der Waals surface area contributed by atoms with Gasteiger partial charge in [0.05, 0.1) is 26.4 Å². The van der Waals surface area contributed by atoms with Crippen LogP contribution in [0.15, 0.2) is 65.3 Å². The standard InChI is InChI=1S/C17H13Cl4N3O2Si.C16H18ClN3OSi/c1-27(2,3)26-11-6-8-4-5-25-10(8)7-9(11)24-22-16-14(20)12(18)13(19)15(21)17(16)23-24;1-11-5-8-16(21-22(2,3)4)15(9-11)20-18-13-7-6-12(17)10-14(13)19-20/h4-7H,1-3H3;5-10H,1-4H3. The molecule has 0 aliphatic carbocycles. The van der Waals surface area contributed by atoms with Crippen molar-refractivity contribution in [3.05, 3.63) is 91.5 Å². The number of aryl methyl sites for hydroxylation is 1. The second-order valence-electron chi connectivity index (χ2n) is 13.2. The van der Waals surface area contributed by atoms with Gasteiger partial charge in [0, 0.05) is 16.5 Å². The summed E-state index contributed by atoms with van der Waals surface area (Å²) in [4.78, 5) is 3.04. The molecule has 7 rings (SSSR count). The van der Waals surface area contributed by atoms with Crippen LogP contribution in [-0.2, 0) is 0 Å². The highest BCUT2D eigenvalue weighted by molar-refractivity contribution is 6.70. The van der Waals surface area contributed by atoms with Crippen LogP contribution < -0.4 is 8.85 Å². The topological polar surface area (TPSA) is 93.0 Å². The van der Waals surface area contributed by atoms with Gasteiger partial charge in [0.15, 0.2) is 0 Å². The third kappa shape index (κ3) is 7.73. The highest BCUT2D eigenvalue weighted by Gasteiger charge is 2.24. The van der Waals surface area contributed by atoms with Crippen LogP contribution >= 0.6 is 58.0 Å². The van der Waals surface area contributed by atoms with Crippen molar-refractivity contribution in [2.24, 2.45) is 0 Å². The summed E-state index contributed by atoms with van der Waals surface area (Å²) >= 11 is 30.9. The molecule has 0 bridgehead atoms. The van der Waals surface area contributed by atoms with E-state index in [4.69, 9.17) is 71.3 Å². The molecule has 4 aromatic carbocycles. The summed E-state index contributed by atoms with van der Waals surface area (Å²) in [6.45, 7) is 14.8. The van der Waals surface area contributed by atoms with Gasteiger partial charge in [0.1, 0.15) is 50.5 Å². The third-order valence-corrected chi connectivity index (χ3v) is 10.5. The summed E-state index contributed by atoms with van der Waals surface area (Å²) in [6, 6.07) is 17.2. The Morgan fingerprint density at radius 3 is 1.80 bits per heavy atom. The Balaban J connectivity index is 0.000000174. The average molecular weight is 793 g/mol. The van der Waals surface area contributed by atoms with Gasteiger partial charge in [-0.1, -0.05) is 64.1 Å². The quantitative estimate of drug-likeness (QED) is 0.0940. The van der Waals surface area contributed by atoms with Crippen molar-refractivity contribution < 1.29 is 13.3 Å². The first-order valence-electron chi connectivity index (χ1n) is 15.1. The number of furan rings is 1. The van der Waals surface area contributed by atoms with Gasteiger partial charge in [-0.2, -0.15) is 0 Å². The highest BCUT2D eigenvalue weighted by Crippen LogP contribution is 2.42. The van der Waals surface area contributed by atoms with Gasteiger partial charge in [-0.25, -0.2) is 0 Å². The van der Waals surface area contributed by atoms with E-state index < -0.39 is 16.6 Å². The van der Waals surface area contributed by atoms with E-state index in [-0.39, 0.29) is 20.1 Å². The van der Waals surface area contributed by atoms with Crippen LogP contribution in [0.4, 0.5) is 0 Å². The van der Waals surface area contributed by atoms with Gasteiger partial charge in [-0.05, 0) is 94.2 Å². The zero-order valence-electron chi connectivity index (χ0n) is 27.6. The molecule has 0 spiro atoms. The molecule has 0 unspecified atom stereocenters. The van der Waals surface area contributed by atoms with Crippen LogP contribution in [0.2, 0.25) is 64.4 Å². The largest absolute Gasteiger partial charge is 0.543 e. The molecule has 16 heteroatoms. The van der Waals surface area contributed by atoms with Crippen molar-refractivity contribution >= 4 is 108 Å². The number of aromatic nitrogens is 6. The normalized spacial score (nSPS) is 12.1. The first kappa shape index (κ1) is 35.5. The Bertz CT molecular complexity index is 2320. The molecule has 0 fully saturated rings. The molecule has 9 nitrogen and oxygen atoms in total. The summed E-state index contributed by atoms with van der Waals surface area (Å²) in [6.07, 6.45) is 1.62. The van der Waals surface area contributed by atoms with Gasteiger partial charge in [-0.3, -0.25) is 0 Å². The van der Waals surface area contributed by atoms with Gasteiger partial charge in [0.25, 0.3) is 0 Å². The van der Waals surface area contributed by atoms with Crippen LogP contribution in [0.5, 0.6) is 11.5 Å². The first-order valence-corrected chi connectivity index (χ1v) is 23.8. The van der Waals surface area contributed by atoms with Crippen LogP contribution in [0.25, 0.3) is 44.4 Å². The van der Waals surface area contributed by atoms with Crippen molar-refractivity contribution in [3.8, 4) is 22.9 Å². The Kier molecular flexibility index (Phi) is 9.75. The minimum Gasteiger partial charge on any atom is -0.543 e. The van der Waals surface area contributed by atoms with Crippen molar-refractivity contribution in [3.63, 3.8) is 0 Å². The monoisotopic (exact) mass is 790 g/mol. The molecule has 7 aromatic rings. The number of halogens is 5. The van der Waals surface area contributed by atoms with Gasteiger partial charge in [-0.15, -0.1) is 30.0 Å². The van der Waals surface area contributed by atoms with Gasteiger partial charge in [0.2, 0.25) is 16.6 Å². The molecule has 254 valence electrons. The Morgan fingerprint density at radius 1 is 0.592 bits per heavy atom. The predicted molar refractivity (Wildman–Crippen MR) is 205 cm³/mol. The summed E-state index contributed by atoms with van der Waals surface area (Å²) in [5.74, 6) is 1.46. The van der Waals surface area contributed by atoms with Gasteiger partial charge < -0.3 is 13.3 Å². The zero-order chi connectivity index (χ0) is 35.4. The third-order valence-electron chi connectivity index (χ3n) is 6.86. The second-order valence-corrected chi connectivity index (χ2v) is 24.0. The van der Waals surface area contributed by atoms with E-state index in [1.807, 2.05) is 61.5 Å². The van der Waals surface area contributed by atoms with E-state index in [0.717, 1.165) is 33.4 Å². The van der Waals surface area contributed by atoms with E-state index in [2.05, 4.69) is 59.7 Å². The molecular weight excluding hydrogens is 762 g/mol. The van der Waals surface area contributed by atoms with Crippen LogP contribution in [0, 0.1) is 6.92 Å². The predicted octanol–water partition coefficient (Wildman–Crippen LogP) is 11.6. The van der Waals surface area contributed by atoms with Crippen molar-refractivity contribution in [1.82, 2.24) is 30.0 Å². The number of hydrogen-bond acceptors (Lipinski definition) is 7. The number of hydrogen-bond donors (Lipinski definition) is 0. The average Bonchev–Trinajstić information content (AvgIpc) is 3.76. The maximum absolute atomic E-state index is 6.29. The molecule has 0 saturated heterocycles. The van der Waals surface area contributed by atoms with Crippen LogP contribution in [-0.4, -0.2) is 46.6 Å². The van der Waals surface area contributed by atoms with Crippen molar-refractivity contribution in [2.75, 3.05) is 0 Å². The molecule has 49 heavy (non-hydrogen) atoms. The number of benzene rings is 4. The number of rotatable bonds is 6. The highest BCUT2D eigenvalue weighted by atomic mass is 35.5. The van der Waals surface area contributed by atoms with E-state index in [1.54, 1.807) is 11.1 Å². The van der Waals surface area contributed by atoms with Gasteiger partial charge >= 0.3 is 0 Å². The minimum absolute atomic E-state index is 0.142. The molecule has 0 N–H and O–H groups in total. The Labute approximate surface area is 309 Å². The van der Waals surface area contributed by atoms with Crippen LogP contribution in [0.3, 0.4) is 0 Å². The fraction of sp³-hybridized carbons (Fsp3) is 0.212.